The minimum Gasteiger partial charge on any atom is -0.508 e. The summed E-state index contributed by atoms with van der Waals surface area (Å²) in [6, 6.07) is 15.7. The molecule has 3 aromatic rings. The van der Waals surface area contributed by atoms with Crippen molar-refractivity contribution in [3.63, 3.8) is 0 Å². The molecule has 0 amide bonds. The molecule has 160 valence electrons. The summed E-state index contributed by atoms with van der Waals surface area (Å²) in [5.74, 6) is 0.970. The van der Waals surface area contributed by atoms with Crippen molar-refractivity contribution in [3.05, 3.63) is 92.7 Å². The molecule has 3 N–H and O–H groups in total. The van der Waals surface area contributed by atoms with Gasteiger partial charge in [0.15, 0.2) is 11.5 Å². The van der Waals surface area contributed by atoms with Crippen LogP contribution in [0.4, 0.5) is 0 Å². The van der Waals surface area contributed by atoms with E-state index in [0.717, 1.165) is 5.56 Å². The normalized spacial score (nSPS) is 16.3. The van der Waals surface area contributed by atoms with E-state index in [1.54, 1.807) is 22.8 Å². The van der Waals surface area contributed by atoms with E-state index in [2.05, 4.69) is 6.07 Å². The number of aromatic nitrogens is 1. The minimum atomic E-state index is -0.708. The molecular formula is C24H19N3O5. The molecule has 0 aliphatic carbocycles. The number of allylic oxidation sites excluding steroid dienone is 1. The van der Waals surface area contributed by atoms with Crippen LogP contribution in [0.2, 0.25) is 0 Å². The van der Waals surface area contributed by atoms with E-state index in [4.69, 9.17) is 19.9 Å². The van der Waals surface area contributed by atoms with E-state index >= 15 is 0 Å². The zero-order chi connectivity index (χ0) is 22.4. The van der Waals surface area contributed by atoms with Gasteiger partial charge in [-0.2, -0.15) is 5.26 Å². The van der Waals surface area contributed by atoms with Crippen LogP contribution in [-0.2, 0) is 6.54 Å². The summed E-state index contributed by atoms with van der Waals surface area (Å²) in [7, 11) is 0. The number of nitriles is 1. The molecule has 5 rings (SSSR count). The number of hydrogen-bond acceptors (Lipinski definition) is 7. The minimum absolute atomic E-state index is 0.0367. The zero-order valence-electron chi connectivity index (χ0n) is 17.2. The maximum Gasteiger partial charge on any atom is 0.259 e. The van der Waals surface area contributed by atoms with E-state index in [-0.39, 0.29) is 29.6 Å². The Bertz CT molecular complexity index is 1370. The third kappa shape index (κ3) is 3.11. The predicted octanol–water partition coefficient (Wildman–Crippen LogP) is 2.86. The van der Waals surface area contributed by atoms with Gasteiger partial charge in [0.05, 0.1) is 18.0 Å². The molecule has 8 nitrogen and oxygen atoms in total. The lowest BCUT2D eigenvalue weighted by molar-refractivity contribution is 0.174. The number of nitrogens with zero attached hydrogens (tertiary/aromatic N) is 2. The van der Waals surface area contributed by atoms with Crippen molar-refractivity contribution < 1.29 is 19.3 Å². The molecule has 8 heteroatoms. The molecule has 1 unspecified atom stereocenters. The van der Waals surface area contributed by atoms with E-state index < -0.39 is 5.92 Å². The molecule has 0 spiro atoms. The number of aryl methyl sites for hydroxylation is 1. The average molecular weight is 429 g/mol. The van der Waals surface area contributed by atoms with Crippen LogP contribution in [0.25, 0.3) is 0 Å². The van der Waals surface area contributed by atoms with Gasteiger partial charge in [-0.25, -0.2) is 0 Å². The van der Waals surface area contributed by atoms with Crippen molar-refractivity contribution in [3.8, 4) is 29.1 Å². The number of nitrogens with two attached hydrogens (primary N) is 1. The van der Waals surface area contributed by atoms with Crippen molar-refractivity contribution >= 4 is 0 Å². The van der Waals surface area contributed by atoms with Crippen LogP contribution < -0.4 is 25.5 Å². The van der Waals surface area contributed by atoms with Gasteiger partial charge in [0, 0.05) is 11.8 Å². The van der Waals surface area contributed by atoms with Gasteiger partial charge in [-0.3, -0.25) is 4.79 Å². The van der Waals surface area contributed by atoms with E-state index in [9.17, 15) is 15.2 Å². The van der Waals surface area contributed by atoms with Crippen molar-refractivity contribution in [1.82, 2.24) is 4.57 Å². The van der Waals surface area contributed by atoms with Crippen LogP contribution in [0.3, 0.4) is 0 Å². The van der Waals surface area contributed by atoms with Gasteiger partial charge in [0.1, 0.15) is 23.1 Å². The topological polar surface area (TPSA) is 120 Å². The third-order valence-electron chi connectivity index (χ3n) is 5.69. The molecule has 0 bridgehead atoms. The van der Waals surface area contributed by atoms with Gasteiger partial charge in [-0.15, -0.1) is 0 Å². The Labute approximate surface area is 183 Å². The first-order valence-electron chi connectivity index (χ1n) is 9.95. The van der Waals surface area contributed by atoms with E-state index in [1.165, 1.54) is 12.1 Å². The van der Waals surface area contributed by atoms with Crippen LogP contribution in [0, 0.1) is 18.3 Å². The fourth-order valence-electron chi connectivity index (χ4n) is 4.10. The SMILES string of the molecule is Cc1cc2c(c(=O)n1Cc1ccc3c(c1)OCO3)C(c1ccc(O)cc1)C(C#N)=C(N)O2. The van der Waals surface area contributed by atoms with Crippen molar-refractivity contribution in [2.75, 3.05) is 6.79 Å². The molecule has 1 aromatic heterocycles. The van der Waals surface area contributed by atoms with Crippen molar-refractivity contribution in [2.45, 2.75) is 19.4 Å². The maximum absolute atomic E-state index is 13.7. The number of benzene rings is 2. The maximum atomic E-state index is 13.7. The Morgan fingerprint density at radius 2 is 1.88 bits per heavy atom. The Hall–Kier alpha value is -4.38. The molecule has 32 heavy (non-hydrogen) atoms. The monoisotopic (exact) mass is 429 g/mol. The lowest BCUT2D eigenvalue weighted by Gasteiger charge is -2.27. The number of aromatic hydroxyl groups is 1. The van der Waals surface area contributed by atoms with E-state index in [0.29, 0.717) is 40.6 Å². The van der Waals surface area contributed by atoms with Gasteiger partial charge in [-0.05, 0) is 42.3 Å². The van der Waals surface area contributed by atoms with Gasteiger partial charge < -0.3 is 29.6 Å². The Kier molecular flexibility index (Phi) is 4.52. The molecule has 1 atom stereocenters. The smallest absolute Gasteiger partial charge is 0.259 e. The van der Waals surface area contributed by atoms with E-state index in [1.807, 2.05) is 25.1 Å². The summed E-state index contributed by atoms with van der Waals surface area (Å²) in [6.45, 7) is 2.29. The van der Waals surface area contributed by atoms with Gasteiger partial charge in [0.2, 0.25) is 12.7 Å². The second-order valence-corrected chi connectivity index (χ2v) is 7.66. The summed E-state index contributed by atoms with van der Waals surface area (Å²) >= 11 is 0. The van der Waals surface area contributed by atoms with Crippen LogP contribution in [0.1, 0.15) is 28.3 Å². The molecule has 2 aliphatic heterocycles. The largest absolute Gasteiger partial charge is 0.508 e. The third-order valence-corrected chi connectivity index (χ3v) is 5.69. The quantitative estimate of drug-likeness (QED) is 0.657. The summed E-state index contributed by atoms with van der Waals surface area (Å²) < 4.78 is 18.1. The first-order chi connectivity index (χ1) is 15.5. The highest BCUT2D eigenvalue weighted by Gasteiger charge is 2.34. The lowest BCUT2D eigenvalue weighted by atomic mass is 9.84. The second-order valence-electron chi connectivity index (χ2n) is 7.66. The van der Waals surface area contributed by atoms with Crippen LogP contribution in [0.5, 0.6) is 23.0 Å². The molecule has 0 fully saturated rings. The summed E-state index contributed by atoms with van der Waals surface area (Å²) in [5.41, 5.74) is 8.43. The van der Waals surface area contributed by atoms with Crippen LogP contribution in [-0.4, -0.2) is 16.5 Å². The predicted molar refractivity (Wildman–Crippen MR) is 115 cm³/mol. The first-order valence-corrected chi connectivity index (χ1v) is 9.95. The van der Waals surface area contributed by atoms with Gasteiger partial charge in [0.25, 0.3) is 5.56 Å². The molecule has 2 aromatic carbocycles. The number of fused-ring (bicyclic) bond motifs is 2. The number of ether oxygens (including phenoxy) is 3. The van der Waals surface area contributed by atoms with Gasteiger partial charge >= 0.3 is 0 Å². The fourth-order valence-corrected chi connectivity index (χ4v) is 4.10. The Morgan fingerprint density at radius 3 is 2.62 bits per heavy atom. The molecule has 2 aliphatic rings. The molecular weight excluding hydrogens is 410 g/mol. The lowest BCUT2D eigenvalue weighted by Crippen LogP contribution is -2.33. The molecule has 0 saturated carbocycles. The van der Waals surface area contributed by atoms with Crippen molar-refractivity contribution in [2.24, 2.45) is 5.73 Å². The number of hydrogen-bond donors (Lipinski definition) is 2. The number of phenols is 1. The molecule has 3 heterocycles. The van der Waals surface area contributed by atoms with Crippen LogP contribution in [0.15, 0.2) is 64.8 Å². The Balaban J connectivity index is 1.65. The second kappa shape index (κ2) is 7.39. The zero-order valence-corrected chi connectivity index (χ0v) is 17.2. The van der Waals surface area contributed by atoms with Crippen LogP contribution >= 0.6 is 0 Å². The van der Waals surface area contributed by atoms with Crippen molar-refractivity contribution in [1.29, 1.82) is 5.26 Å². The standard InChI is InChI=1S/C24H19N3O5/c1-13-8-20-22(21(17(10-25)23(26)32-20)15-3-5-16(28)6-4-15)24(29)27(13)11-14-2-7-18-19(9-14)31-12-30-18/h2-9,21,28H,11-12,26H2,1H3. The number of rotatable bonds is 3. The summed E-state index contributed by atoms with van der Waals surface area (Å²) in [6.07, 6.45) is 0. The Morgan fingerprint density at radius 1 is 1.12 bits per heavy atom. The highest BCUT2D eigenvalue weighted by atomic mass is 16.7. The number of pyridine rings is 1. The highest BCUT2D eigenvalue weighted by molar-refractivity contribution is 5.55. The summed E-state index contributed by atoms with van der Waals surface area (Å²) in [4.78, 5) is 13.7. The first kappa shape index (κ1) is 19.6. The highest BCUT2D eigenvalue weighted by Crippen LogP contribution is 2.41. The molecule has 0 radical (unpaired) electrons. The average Bonchev–Trinajstić information content (AvgIpc) is 3.24. The fraction of sp³-hybridized carbons (Fsp3) is 0.167. The number of phenolic OH excluding ortho intramolecular Hbond substituents is 1. The molecule has 0 saturated heterocycles. The van der Waals surface area contributed by atoms with Gasteiger partial charge in [-0.1, -0.05) is 18.2 Å². The summed E-state index contributed by atoms with van der Waals surface area (Å²) in [5, 5.41) is 19.4.